The van der Waals surface area contributed by atoms with Crippen molar-refractivity contribution in [3.05, 3.63) is 201 Å². The van der Waals surface area contributed by atoms with Gasteiger partial charge in [0.1, 0.15) is 47.6 Å². The van der Waals surface area contributed by atoms with Crippen LogP contribution in [0.3, 0.4) is 0 Å². The van der Waals surface area contributed by atoms with Crippen LogP contribution < -0.4 is 37.6 Å². The zero-order valence-electron chi connectivity index (χ0n) is 61.9. The summed E-state index contributed by atoms with van der Waals surface area (Å²) >= 11 is 0. The predicted molar refractivity (Wildman–Crippen MR) is 396 cm³/mol. The number of aromatic hydroxyl groups is 1. The quantitative estimate of drug-likeness (QED) is 0.0281. The minimum absolute atomic E-state index is 0.141. The van der Waals surface area contributed by atoms with Gasteiger partial charge < -0.3 is 75.9 Å². The Morgan fingerprint density at radius 3 is 0.706 bits per heavy atom. The summed E-state index contributed by atoms with van der Waals surface area (Å²) in [7, 11) is 0. The summed E-state index contributed by atoms with van der Waals surface area (Å²) in [5.74, 6) is -3.27. The molecule has 6 aromatic carbocycles. The van der Waals surface area contributed by atoms with Gasteiger partial charge >= 0.3 is 41.8 Å². The molecule has 0 radical (unpaired) electrons. The van der Waals surface area contributed by atoms with E-state index in [0.29, 0.717) is 103 Å². The molecule has 0 bridgehead atoms. The first kappa shape index (κ1) is 84.3. The lowest BCUT2D eigenvalue weighted by molar-refractivity contribution is -0.154. The number of esters is 7. The second kappa shape index (κ2) is 42.4. The number of benzene rings is 6. The molecule has 0 aliphatic carbocycles. The Kier molecular flexibility index (Phi) is 32.8. The van der Waals surface area contributed by atoms with Crippen LogP contribution in [0.2, 0.25) is 0 Å². The Hall–Kier alpha value is -12.0. The van der Waals surface area contributed by atoms with Crippen molar-refractivity contribution < 1.29 is 101 Å². The van der Waals surface area contributed by atoms with E-state index in [-0.39, 0.29) is 109 Å². The van der Waals surface area contributed by atoms with Crippen LogP contribution in [-0.2, 0) is 140 Å². The van der Waals surface area contributed by atoms with Crippen molar-refractivity contribution in [2.75, 3.05) is 45.4 Å². The molecule has 6 amide bonds. The van der Waals surface area contributed by atoms with Crippen LogP contribution in [0, 0.1) is 20.8 Å². The van der Waals surface area contributed by atoms with Gasteiger partial charge in [-0.25, -0.2) is 28.8 Å². The Morgan fingerprint density at radius 2 is 0.514 bits per heavy atom. The number of ether oxygens (including phenoxy) is 7. The molecule has 6 saturated heterocycles. The van der Waals surface area contributed by atoms with E-state index in [1.165, 1.54) is 12.1 Å². The molecule has 12 rings (SSSR count). The molecular formula is C81H95N7O21. The maximum atomic E-state index is 11.9. The van der Waals surface area contributed by atoms with E-state index in [0.717, 1.165) is 55.6 Å². The van der Waals surface area contributed by atoms with Crippen molar-refractivity contribution in [1.29, 1.82) is 0 Å². The predicted octanol–water partition coefficient (Wildman–Crippen LogP) is 5.06. The Morgan fingerprint density at radius 1 is 0.330 bits per heavy atom. The number of anilines is 1. The topological polar surface area (TPSA) is 405 Å². The molecule has 9 N–H and O–H groups in total. The standard InChI is InChI=1S/C18H23NO5.3C13H15NO3.C12H14N2O3.C12H13NO4/c1-18(2,3)24-16(21)11-13-6-4-12(5-7-13)10-15(20)19-14-8-9-23-17(14)22;3*1-9-2-4-10(5-3-9)8-12(15)14-11-6-7-17-13(11)16;13-9-3-1-8(2-4-9)7-11(15)14-10-5-6-17-12(10)16;14-9-3-1-8(2-4-9)7-11(15)13-10-5-6-17-12(10)16/h4-7,14H,8-11H2,1-3H3,(H,19,20);3*2-5,11H,6-8H2,1H3,(H,14,15);1-4,10H,5-7,13H2,(H,14,15);1-4,10,14H,5-7H2,(H,13,15)/t14-;3*11-;2*10-/m111111/s1. The van der Waals surface area contributed by atoms with E-state index in [4.69, 9.17) is 44.0 Å². The number of amides is 6. The number of nitrogens with one attached hydrogen (secondary N) is 6. The van der Waals surface area contributed by atoms with Gasteiger partial charge in [0.15, 0.2) is 0 Å². The third kappa shape index (κ3) is 31.2. The highest BCUT2D eigenvalue weighted by Gasteiger charge is 2.33. The van der Waals surface area contributed by atoms with E-state index in [9.17, 15) is 62.3 Å². The summed E-state index contributed by atoms with van der Waals surface area (Å²) < 4.78 is 33.9. The highest BCUT2D eigenvalue weighted by molar-refractivity contribution is 5.90. The molecule has 6 fully saturated rings. The third-order valence-corrected chi connectivity index (χ3v) is 16.9. The number of rotatable bonds is 20. The van der Waals surface area contributed by atoms with Crippen LogP contribution in [-0.4, -0.2) is 164 Å². The summed E-state index contributed by atoms with van der Waals surface area (Å²) in [4.78, 5) is 149. The lowest BCUT2D eigenvalue weighted by atomic mass is 10.1. The van der Waals surface area contributed by atoms with E-state index in [2.05, 4.69) is 31.9 Å². The number of hydrogen-bond donors (Lipinski definition) is 8. The van der Waals surface area contributed by atoms with Crippen LogP contribution in [0.1, 0.15) is 115 Å². The first-order valence-electron chi connectivity index (χ1n) is 35.8. The monoisotopic (exact) mass is 1500 g/mol. The highest BCUT2D eigenvalue weighted by atomic mass is 16.6. The molecule has 6 aliphatic rings. The SMILES string of the molecule is CC(C)(C)OC(=O)Cc1ccc(CC(=O)N[C@@H]2CCOC2=O)cc1.Cc1ccc(CC(=O)N[C@@H]2CCOC2=O)cc1.Cc1ccc(CC(=O)N[C@@H]2CCOC2=O)cc1.Cc1ccc(CC(=O)N[C@@H]2CCOC2=O)cc1.Nc1ccc(CC(=O)N[C@@H]2CCOC2=O)cc1.O=C(Cc1ccc(O)cc1)N[C@@H]1CCOC1=O. The molecule has 109 heavy (non-hydrogen) atoms. The number of nitrogen functional groups attached to an aromatic ring is 1. The number of hydrogen-bond acceptors (Lipinski definition) is 22. The lowest BCUT2D eigenvalue weighted by Gasteiger charge is -2.19. The second-order valence-corrected chi connectivity index (χ2v) is 27.5. The molecule has 6 atom stereocenters. The van der Waals surface area contributed by atoms with Gasteiger partial charge in [-0.15, -0.1) is 0 Å². The zero-order valence-corrected chi connectivity index (χ0v) is 61.9. The number of carbonyl (C=O) groups is 13. The van der Waals surface area contributed by atoms with Gasteiger partial charge in [-0.3, -0.25) is 33.6 Å². The van der Waals surface area contributed by atoms with Crippen molar-refractivity contribution in [3.63, 3.8) is 0 Å². The molecule has 0 aromatic heterocycles. The fourth-order valence-corrected chi connectivity index (χ4v) is 11.0. The minimum atomic E-state index is -0.538. The molecule has 28 nitrogen and oxygen atoms in total. The summed E-state index contributed by atoms with van der Waals surface area (Å²) in [6, 6.07) is 41.0. The lowest BCUT2D eigenvalue weighted by Crippen LogP contribution is -2.38. The van der Waals surface area contributed by atoms with Crippen LogP contribution in [0.25, 0.3) is 0 Å². The molecule has 6 heterocycles. The van der Waals surface area contributed by atoms with Crippen LogP contribution in [0.5, 0.6) is 5.75 Å². The Labute approximate surface area is 631 Å². The van der Waals surface area contributed by atoms with E-state index in [1.807, 2.05) is 114 Å². The van der Waals surface area contributed by atoms with Crippen LogP contribution in [0.15, 0.2) is 146 Å². The van der Waals surface area contributed by atoms with Crippen molar-refractivity contribution >= 4 is 82.9 Å². The van der Waals surface area contributed by atoms with Gasteiger partial charge in [0.25, 0.3) is 0 Å². The number of cyclic esters (lactones) is 6. The van der Waals surface area contributed by atoms with Gasteiger partial charge in [-0.2, -0.15) is 0 Å². The fraction of sp³-hybridized carbons (Fsp3) is 0.395. The first-order valence-corrected chi connectivity index (χ1v) is 35.8. The number of nitrogens with two attached hydrogens (primary N) is 1. The Bertz CT molecular complexity index is 3620. The molecular weight excluding hydrogens is 1410 g/mol. The van der Waals surface area contributed by atoms with Gasteiger partial charge in [-0.1, -0.05) is 138 Å². The third-order valence-electron chi connectivity index (χ3n) is 16.9. The molecule has 6 aromatic rings. The largest absolute Gasteiger partial charge is 0.508 e. The summed E-state index contributed by atoms with van der Waals surface area (Å²) in [5.41, 5.74) is 15.3. The average Bonchev–Trinajstić information content (AvgIpc) is 1.89. The van der Waals surface area contributed by atoms with Crippen molar-refractivity contribution in [1.82, 2.24) is 31.9 Å². The number of phenolic OH excluding ortho intramolecular Hbond substituents is 1. The molecule has 28 heteroatoms. The van der Waals surface area contributed by atoms with Gasteiger partial charge in [0.2, 0.25) is 35.4 Å². The maximum absolute atomic E-state index is 11.9. The van der Waals surface area contributed by atoms with Gasteiger partial charge in [-0.05, 0) is 105 Å². The summed E-state index contributed by atoms with van der Waals surface area (Å²) in [5, 5.41) is 25.1. The van der Waals surface area contributed by atoms with E-state index < -0.39 is 41.9 Å². The number of aryl methyl sites for hydroxylation is 3. The van der Waals surface area contributed by atoms with Crippen LogP contribution >= 0.6 is 0 Å². The molecule has 0 spiro atoms. The molecule has 6 aliphatic heterocycles. The maximum Gasteiger partial charge on any atom is 0.328 e. The first-order chi connectivity index (χ1) is 52.0. The zero-order chi connectivity index (χ0) is 79.0. The smallest absolute Gasteiger partial charge is 0.328 e. The van der Waals surface area contributed by atoms with Crippen LogP contribution in [0.4, 0.5) is 5.69 Å². The molecule has 0 saturated carbocycles. The van der Waals surface area contributed by atoms with Crippen molar-refractivity contribution in [2.24, 2.45) is 0 Å². The minimum Gasteiger partial charge on any atom is -0.508 e. The van der Waals surface area contributed by atoms with Crippen molar-refractivity contribution in [3.8, 4) is 5.75 Å². The fourth-order valence-electron chi connectivity index (χ4n) is 11.0. The summed E-state index contributed by atoms with van der Waals surface area (Å²) in [6.07, 6.45) is 4.97. The van der Waals surface area contributed by atoms with Gasteiger partial charge in [0, 0.05) is 44.2 Å². The van der Waals surface area contributed by atoms with Gasteiger partial charge in [0.05, 0.1) is 84.6 Å². The highest BCUT2D eigenvalue weighted by Crippen LogP contribution is 2.17. The normalized spacial score (nSPS) is 18.5. The van der Waals surface area contributed by atoms with E-state index in [1.54, 1.807) is 60.7 Å². The number of carbonyl (C=O) groups excluding carboxylic acids is 13. The van der Waals surface area contributed by atoms with Crippen molar-refractivity contribution in [2.45, 2.75) is 167 Å². The Balaban J connectivity index is 0.000000183. The summed E-state index contributed by atoms with van der Waals surface area (Å²) in [6.45, 7) is 13.8. The van der Waals surface area contributed by atoms with E-state index >= 15 is 0 Å². The number of phenols is 1. The average molecular weight is 1500 g/mol. The molecule has 0 unspecified atom stereocenters. The molecule has 580 valence electrons. The second-order valence-electron chi connectivity index (χ2n) is 27.5.